The van der Waals surface area contributed by atoms with E-state index >= 15 is 0 Å². The van der Waals surface area contributed by atoms with Crippen molar-refractivity contribution in [3.8, 4) is 20.9 Å². The van der Waals surface area contributed by atoms with Gasteiger partial charge in [-0.3, -0.25) is 0 Å². The smallest absolute Gasteiger partial charge is 0.0349 e. The first-order valence-electron chi connectivity index (χ1n) is 7.17. The second-order valence-corrected chi connectivity index (χ2v) is 6.16. The summed E-state index contributed by atoms with van der Waals surface area (Å²) in [5, 5.41) is 0. The third-order valence-corrected chi connectivity index (χ3v) is 4.91. The molecular formula is C20H18S. The van der Waals surface area contributed by atoms with Gasteiger partial charge >= 0.3 is 0 Å². The zero-order valence-electron chi connectivity index (χ0n) is 12.3. The Morgan fingerprint density at radius 1 is 0.762 bits per heavy atom. The van der Waals surface area contributed by atoms with Crippen molar-refractivity contribution < 1.29 is 0 Å². The summed E-state index contributed by atoms with van der Waals surface area (Å²) in [7, 11) is 0. The highest BCUT2D eigenvalue weighted by molar-refractivity contribution is 7.18. The van der Waals surface area contributed by atoms with Gasteiger partial charge < -0.3 is 0 Å². The third-order valence-electron chi connectivity index (χ3n) is 3.72. The molecule has 0 radical (unpaired) electrons. The van der Waals surface area contributed by atoms with Gasteiger partial charge in [0.2, 0.25) is 0 Å². The van der Waals surface area contributed by atoms with E-state index in [-0.39, 0.29) is 0 Å². The van der Waals surface area contributed by atoms with Crippen molar-refractivity contribution in [2.24, 2.45) is 0 Å². The van der Waals surface area contributed by atoms with Crippen LogP contribution >= 0.6 is 11.3 Å². The van der Waals surface area contributed by atoms with Gasteiger partial charge in [-0.05, 0) is 48.2 Å². The molecule has 0 aliphatic heterocycles. The summed E-state index contributed by atoms with van der Waals surface area (Å²) in [6.45, 7) is 4.22. The van der Waals surface area contributed by atoms with E-state index in [9.17, 15) is 0 Å². The Morgan fingerprint density at radius 3 is 1.90 bits per heavy atom. The van der Waals surface area contributed by atoms with Crippen molar-refractivity contribution in [3.63, 3.8) is 0 Å². The van der Waals surface area contributed by atoms with Crippen LogP contribution in [-0.2, 0) is 0 Å². The molecule has 0 atom stereocenters. The molecule has 0 aliphatic rings. The van der Waals surface area contributed by atoms with E-state index in [0.29, 0.717) is 0 Å². The van der Waals surface area contributed by atoms with Gasteiger partial charge in [0.25, 0.3) is 0 Å². The van der Waals surface area contributed by atoms with Gasteiger partial charge in [-0.2, -0.15) is 0 Å². The van der Waals surface area contributed by atoms with Crippen LogP contribution in [0.5, 0.6) is 0 Å². The minimum atomic E-state index is 1.29. The topological polar surface area (TPSA) is 0 Å². The van der Waals surface area contributed by atoms with Gasteiger partial charge in [-0.25, -0.2) is 0 Å². The first-order chi connectivity index (χ1) is 10.3. The minimum Gasteiger partial charge on any atom is -0.135 e. The summed E-state index contributed by atoms with van der Waals surface area (Å²) >= 11 is 1.84. The molecule has 104 valence electrons. The zero-order valence-corrected chi connectivity index (χ0v) is 13.2. The van der Waals surface area contributed by atoms with E-state index in [2.05, 4.69) is 86.7 Å². The van der Waals surface area contributed by atoms with Crippen molar-refractivity contribution in [2.75, 3.05) is 0 Å². The average molecular weight is 290 g/mol. The van der Waals surface area contributed by atoms with Crippen LogP contribution < -0.4 is 0 Å². The second kappa shape index (κ2) is 6.11. The molecule has 1 heterocycles. The minimum absolute atomic E-state index is 1.29. The van der Waals surface area contributed by atoms with E-state index in [1.54, 1.807) is 0 Å². The molecule has 0 nitrogen and oxygen atoms in total. The van der Waals surface area contributed by atoms with Crippen LogP contribution in [0.25, 0.3) is 26.5 Å². The fourth-order valence-corrected chi connectivity index (χ4v) is 3.33. The molecule has 21 heavy (non-hydrogen) atoms. The molecule has 3 aromatic rings. The van der Waals surface area contributed by atoms with Crippen LogP contribution in [0, 0.1) is 0 Å². The van der Waals surface area contributed by atoms with Crippen LogP contribution in [0.1, 0.15) is 19.4 Å². The van der Waals surface area contributed by atoms with Gasteiger partial charge in [0.05, 0.1) is 0 Å². The largest absolute Gasteiger partial charge is 0.135 e. The number of hydrogen-bond acceptors (Lipinski definition) is 1. The summed E-state index contributed by atoms with van der Waals surface area (Å²) in [5.41, 5.74) is 5.18. The summed E-state index contributed by atoms with van der Waals surface area (Å²) < 4.78 is 0. The number of hydrogen-bond donors (Lipinski definition) is 0. The Morgan fingerprint density at radius 2 is 1.33 bits per heavy atom. The fourth-order valence-electron chi connectivity index (χ4n) is 2.31. The molecule has 3 rings (SSSR count). The molecule has 0 unspecified atom stereocenters. The highest BCUT2D eigenvalue weighted by Crippen LogP contribution is 2.34. The van der Waals surface area contributed by atoms with Gasteiger partial charge in [0, 0.05) is 9.75 Å². The number of rotatable bonds is 3. The van der Waals surface area contributed by atoms with Crippen molar-refractivity contribution in [3.05, 3.63) is 78.4 Å². The highest BCUT2D eigenvalue weighted by atomic mass is 32.1. The lowest BCUT2D eigenvalue weighted by atomic mass is 10.0. The third kappa shape index (κ3) is 2.98. The molecule has 0 spiro atoms. The van der Waals surface area contributed by atoms with Crippen molar-refractivity contribution in [1.29, 1.82) is 0 Å². The highest BCUT2D eigenvalue weighted by Gasteiger charge is 2.05. The van der Waals surface area contributed by atoms with Crippen LogP contribution in [-0.4, -0.2) is 0 Å². The quantitative estimate of drug-likeness (QED) is 0.516. The first kappa shape index (κ1) is 13.8. The maximum atomic E-state index is 2.21. The Bertz CT molecular complexity index is 746. The summed E-state index contributed by atoms with van der Waals surface area (Å²) in [5.74, 6) is 0. The SMILES string of the molecule is CC=C(C)c1ccc(-c2ccc(-c3ccccc3)s2)cc1. The van der Waals surface area contributed by atoms with Crippen molar-refractivity contribution in [1.82, 2.24) is 0 Å². The number of thiophene rings is 1. The maximum Gasteiger partial charge on any atom is 0.0349 e. The molecule has 0 amide bonds. The Labute approximate surface area is 130 Å². The normalized spacial score (nSPS) is 11.6. The fraction of sp³-hybridized carbons (Fsp3) is 0.100. The van der Waals surface area contributed by atoms with E-state index in [1.807, 2.05) is 11.3 Å². The van der Waals surface area contributed by atoms with Crippen LogP contribution in [0.2, 0.25) is 0 Å². The van der Waals surface area contributed by atoms with Gasteiger partial charge in [0.1, 0.15) is 0 Å². The van der Waals surface area contributed by atoms with Crippen LogP contribution in [0.4, 0.5) is 0 Å². The molecule has 0 N–H and O–H groups in total. The van der Waals surface area contributed by atoms with E-state index in [1.165, 1.54) is 32.0 Å². The van der Waals surface area contributed by atoms with Crippen LogP contribution in [0.3, 0.4) is 0 Å². The summed E-state index contributed by atoms with van der Waals surface area (Å²) in [6.07, 6.45) is 2.15. The van der Waals surface area contributed by atoms with Crippen molar-refractivity contribution in [2.45, 2.75) is 13.8 Å². The molecule has 2 aromatic carbocycles. The van der Waals surface area contributed by atoms with Gasteiger partial charge in [-0.1, -0.05) is 60.7 Å². The van der Waals surface area contributed by atoms with E-state index < -0.39 is 0 Å². The molecule has 1 aromatic heterocycles. The van der Waals surface area contributed by atoms with E-state index in [4.69, 9.17) is 0 Å². The molecule has 0 saturated carbocycles. The Balaban J connectivity index is 1.90. The van der Waals surface area contributed by atoms with Crippen LogP contribution in [0.15, 0.2) is 72.8 Å². The number of benzene rings is 2. The Hall–Kier alpha value is -2.12. The Kier molecular flexibility index (Phi) is 4.03. The standard InChI is InChI=1S/C20H18S/c1-3-15(2)16-9-11-18(12-10-16)20-14-13-19(21-20)17-7-5-4-6-8-17/h3-14H,1-2H3. The predicted molar refractivity (Wildman–Crippen MR) is 94.5 cm³/mol. The summed E-state index contributed by atoms with van der Waals surface area (Å²) in [4.78, 5) is 2.64. The lowest BCUT2D eigenvalue weighted by Crippen LogP contribution is -1.79. The number of allylic oxidation sites excluding steroid dienone is 2. The molecule has 0 saturated heterocycles. The second-order valence-electron chi connectivity index (χ2n) is 5.08. The molecular weight excluding hydrogens is 272 g/mol. The lowest BCUT2D eigenvalue weighted by molar-refractivity contribution is 1.54. The average Bonchev–Trinajstić information content (AvgIpc) is 3.05. The molecule has 1 heteroatoms. The monoisotopic (exact) mass is 290 g/mol. The molecule has 0 bridgehead atoms. The zero-order chi connectivity index (χ0) is 14.7. The lowest BCUT2D eigenvalue weighted by Gasteiger charge is -2.02. The van der Waals surface area contributed by atoms with Gasteiger partial charge in [0.15, 0.2) is 0 Å². The summed E-state index contributed by atoms with van der Waals surface area (Å²) in [6, 6.07) is 23.8. The first-order valence-corrected chi connectivity index (χ1v) is 7.98. The molecule has 0 aliphatic carbocycles. The van der Waals surface area contributed by atoms with E-state index in [0.717, 1.165) is 0 Å². The maximum absolute atomic E-state index is 2.21. The van der Waals surface area contributed by atoms with Crippen molar-refractivity contribution >= 4 is 16.9 Å². The molecule has 0 fully saturated rings. The van der Waals surface area contributed by atoms with Gasteiger partial charge in [-0.15, -0.1) is 11.3 Å². The predicted octanol–water partition coefficient (Wildman–Crippen LogP) is 6.51.